The maximum Gasteiger partial charge on any atom is 0.236 e. The van der Waals surface area contributed by atoms with Crippen LogP contribution in [0.3, 0.4) is 0 Å². The molecule has 2 aliphatic rings. The minimum Gasteiger partial charge on any atom is -0.387 e. The van der Waals surface area contributed by atoms with E-state index in [1.807, 2.05) is 23.1 Å². The van der Waals surface area contributed by atoms with E-state index in [4.69, 9.17) is 16.3 Å². The molecule has 2 saturated heterocycles. The number of β-amino-alcohol motifs (C(OH)–C–C–N with tert-alkyl or cyclic N) is 1. The van der Waals surface area contributed by atoms with Crippen LogP contribution in [0.15, 0.2) is 24.3 Å². The Kier molecular flexibility index (Phi) is 6.67. The standard InChI is InChI=1S/C18H26ClN3O3/c19-16-4-2-1-3-15(16)17(23)13-20-5-7-22(8-6-20)18(24)14-21-9-11-25-12-10-21/h1-4,17,23H,5-14H2/t17-/m1/s1. The Morgan fingerprint density at radius 2 is 1.76 bits per heavy atom. The second-order valence-electron chi connectivity index (χ2n) is 6.61. The Bertz CT molecular complexity index is 572. The highest BCUT2D eigenvalue weighted by atomic mass is 35.5. The molecule has 0 saturated carbocycles. The van der Waals surface area contributed by atoms with Crippen molar-refractivity contribution in [3.63, 3.8) is 0 Å². The van der Waals surface area contributed by atoms with Crippen molar-refractivity contribution in [2.45, 2.75) is 6.10 Å². The molecule has 0 radical (unpaired) electrons. The zero-order valence-corrected chi connectivity index (χ0v) is 15.2. The van der Waals surface area contributed by atoms with Crippen molar-refractivity contribution in [1.29, 1.82) is 0 Å². The van der Waals surface area contributed by atoms with E-state index in [0.717, 1.165) is 31.7 Å². The molecule has 7 heteroatoms. The summed E-state index contributed by atoms with van der Waals surface area (Å²) in [5.74, 6) is 0.188. The third-order valence-electron chi connectivity index (χ3n) is 4.88. The molecule has 1 atom stereocenters. The van der Waals surface area contributed by atoms with Crippen molar-refractivity contribution in [3.05, 3.63) is 34.9 Å². The van der Waals surface area contributed by atoms with Crippen LogP contribution in [-0.4, -0.2) is 91.3 Å². The van der Waals surface area contributed by atoms with Gasteiger partial charge in [-0.1, -0.05) is 29.8 Å². The number of aliphatic hydroxyl groups is 1. The molecule has 0 bridgehead atoms. The van der Waals surface area contributed by atoms with Crippen molar-refractivity contribution in [2.75, 3.05) is 65.6 Å². The number of carbonyl (C=O) groups is 1. The Balaban J connectivity index is 1.43. The first-order chi connectivity index (χ1) is 12.1. The number of morpholine rings is 1. The lowest BCUT2D eigenvalue weighted by atomic mass is 10.1. The van der Waals surface area contributed by atoms with Crippen molar-refractivity contribution in [2.24, 2.45) is 0 Å². The van der Waals surface area contributed by atoms with Gasteiger partial charge in [-0.2, -0.15) is 0 Å². The van der Waals surface area contributed by atoms with Gasteiger partial charge >= 0.3 is 0 Å². The van der Waals surface area contributed by atoms with E-state index >= 15 is 0 Å². The fraction of sp³-hybridized carbons (Fsp3) is 0.611. The van der Waals surface area contributed by atoms with Gasteiger partial charge in [0.2, 0.25) is 5.91 Å². The highest BCUT2D eigenvalue weighted by molar-refractivity contribution is 6.31. The van der Waals surface area contributed by atoms with Crippen LogP contribution < -0.4 is 0 Å². The Morgan fingerprint density at radius 1 is 1.08 bits per heavy atom. The summed E-state index contributed by atoms with van der Waals surface area (Å²) < 4.78 is 5.32. The van der Waals surface area contributed by atoms with Gasteiger partial charge in [-0.25, -0.2) is 0 Å². The average molecular weight is 368 g/mol. The predicted octanol–water partition coefficient (Wildman–Crippen LogP) is 0.850. The van der Waals surface area contributed by atoms with E-state index in [0.29, 0.717) is 44.4 Å². The molecular weight excluding hydrogens is 342 g/mol. The Hall–Kier alpha value is -1.18. The molecule has 2 aliphatic heterocycles. The van der Waals surface area contributed by atoms with Crippen LogP contribution in [0, 0.1) is 0 Å². The second kappa shape index (κ2) is 8.96. The molecule has 1 aromatic carbocycles. The lowest BCUT2D eigenvalue weighted by molar-refractivity contribution is -0.135. The first-order valence-electron chi connectivity index (χ1n) is 8.86. The first-order valence-corrected chi connectivity index (χ1v) is 9.24. The fourth-order valence-corrected chi connectivity index (χ4v) is 3.58. The number of nitrogens with zero attached hydrogens (tertiary/aromatic N) is 3. The van der Waals surface area contributed by atoms with Crippen LogP contribution in [0.25, 0.3) is 0 Å². The summed E-state index contributed by atoms with van der Waals surface area (Å²) in [5.41, 5.74) is 0.759. The lowest BCUT2D eigenvalue weighted by Gasteiger charge is -2.37. The summed E-state index contributed by atoms with van der Waals surface area (Å²) >= 11 is 6.15. The topological polar surface area (TPSA) is 56.2 Å². The zero-order chi connectivity index (χ0) is 17.6. The minimum absolute atomic E-state index is 0.188. The van der Waals surface area contributed by atoms with Gasteiger partial charge in [0.05, 0.1) is 25.9 Å². The van der Waals surface area contributed by atoms with Gasteiger partial charge in [0, 0.05) is 56.4 Å². The number of benzene rings is 1. The van der Waals surface area contributed by atoms with Crippen molar-refractivity contribution >= 4 is 17.5 Å². The lowest BCUT2D eigenvalue weighted by Crippen LogP contribution is -2.52. The third-order valence-corrected chi connectivity index (χ3v) is 5.23. The van der Waals surface area contributed by atoms with E-state index in [1.165, 1.54) is 0 Å². The maximum absolute atomic E-state index is 12.4. The van der Waals surface area contributed by atoms with Crippen LogP contribution in [0.1, 0.15) is 11.7 Å². The number of carbonyl (C=O) groups excluding carboxylic acids is 1. The largest absolute Gasteiger partial charge is 0.387 e. The fourth-order valence-electron chi connectivity index (χ4n) is 3.32. The van der Waals surface area contributed by atoms with E-state index in [-0.39, 0.29) is 5.91 Å². The number of rotatable bonds is 5. The highest BCUT2D eigenvalue weighted by Crippen LogP contribution is 2.23. The summed E-state index contributed by atoms with van der Waals surface area (Å²) in [6.45, 7) is 7.05. The molecule has 25 heavy (non-hydrogen) atoms. The van der Waals surface area contributed by atoms with E-state index in [9.17, 15) is 9.90 Å². The summed E-state index contributed by atoms with van der Waals surface area (Å²) in [7, 11) is 0. The van der Waals surface area contributed by atoms with Gasteiger partial charge in [0.1, 0.15) is 0 Å². The average Bonchev–Trinajstić information content (AvgIpc) is 2.63. The SMILES string of the molecule is O=C(CN1CCOCC1)N1CCN(C[C@@H](O)c2ccccc2Cl)CC1. The number of halogens is 1. The van der Waals surface area contributed by atoms with Crippen LogP contribution >= 0.6 is 11.6 Å². The number of aliphatic hydroxyl groups excluding tert-OH is 1. The monoisotopic (exact) mass is 367 g/mol. The number of amides is 1. The van der Waals surface area contributed by atoms with Crippen molar-refractivity contribution in [1.82, 2.24) is 14.7 Å². The molecule has 6 nitrogen and oxygen atoms in total. The number of hydrogen-bond donors (Lipinski definition) is 1. The molecule has 1 amide bonds. The van der Waals surface area contributed by atoms with Gasteiger partial charge < -0.3 is 14.7 Å². The highest BCUT2D eigenvalue weighted by Gasteiger charge is 2.25. The Labute approximate surface area is 153 Å². The van der Waals surface area contributed by atoms with E-state index in [1.54, 1.807) is 6.07 Å². The first kappa shape index (κ1) is 18.6. The van der Waals surface area contributed by atoms with Crippen LogP contribution in [0.5, 0.6) is 0 Å². The van der Waals surface area contributed by atoms with Crippen LogP contribution in [0.2, 0.25) is 5.02 Å². The number of piperazine rings is 1. The van der Waals surface area contributed by atoms with E-state index < -0.39 is 6.10 Å². The minimum atomic E-state index is -0.607. The summed E-state index contributed by atoms with van der Waals surface area (Å²) in [4.78, 5) is 18.7. The molecule has 138 valence electrons. The molecule has 0 aliphatic carbocycles. The van der Waals surface area contributed by atoms with Crippen molar-refractivity contribution in [3.8, 4) is 0 Å². The molecule has 0 aromatic heterocycles. The Morgan fingerprint density at radius 3 is 2.44 bits per heavy atom. The molecule has 0 spiro atoms. The summed E-state index contributed by atoms with van der Waals surface area (Å²) in [5, 5.41) is 11.0. The third kappa shape index (κ3) is 5.15. The van der Waals surface area contributed by atoms with Gasteiger partial charge in [-0.15, -0.1) is 0 Å². The van der Waals surface area contributed by atoms with Crippen molar-refractivity contribution < 1.29 is 14.6 Å². The molecular formula is C18H26ClN3O3. The molecule has 2 fully saturated rings. The van der Waals surface area contributed by atoms with Gasteiger partial charge in [-0.3, -0.25) is 14.6 Å². The molecule has 2 heterocycles. The normalized spacial score (nSPS) is 21.3. The summed E-state index contributed by atoms with van der Waals surface area (Å²) in [6.07, 6.45) is -0.607. The second-order valence-corrected chi connectivity index (χ2v) is 7.01. The maximum atomic E-state index is 12.4. The number of hydrogen-bond acceptors (Lipinski definition) is 5. The molecule has 1 N–H and O–H groups in total. The quantitative estimate of drug-likeness (QED) is 0.836. The predicted molar refractivity (Wildman–Crippen MR) is 96.7 cm³/mol. The smallest absolute Gasteiger partial charge is 0.236 e. The molecule has 3 rings (SSSR count). The van der Waals surface area contributed by atoms with Gasteiger partial charge in [-0.05, 0) is 6.07 Å². The van der Waals surface area contributed by atoms with Gasteiger partial charge in [0.25, 0.3) is 0 Å². The van der Waals surface area contributed by atoms with Crippen LogP contribution in [-0.2, 0) is 9.53 Å². The summed E-state index contributed by atoms with van der Waals surface area (Å²) in [6, 6.07) is 7.39. The number of ether oxygens (including phenoxy) is 1. The zero-order valence-electron chi connectivity index (χ0n) is 14.4. The van der Waals surface area contributed by atoms with Gasteiger partial charge in [0.15, 0.2) is 0 Å². The van der Waals surface area contributed by atoms with Crippen LogP contribution in [0.4, 0.5) is 0 Å². The molecule has 1 aromatic rings. The van der Waals surface area contributed by atoms with E-state index in [2.05, 4.69) is 9.80 Å². The molecule has 0 unspecified atom stereocenters.